The van der Waals surface area contributed by atoms with Gasteiger partial charge in [0.1, 0.15) is 6.54 Å². The topological polar surface area (TPSA) is 106 Å². The van der Waals surface area contributed by atoms with Crippen LogP contribution in [0, 0.1) is 0 Å². The average molecular weight is 482 g/mol. The van der Waals surface area contributed by atoms with Crippen molar-refractivity contribution in [2.24, 2.45) is 14.1 Å². The number of para-hydroxylation sites is 1. The van der Waals surface area contributed by atoms with Crippen LogP contribution in [-0.4, -0.2) is 73.5 Å². The van der Waals surface area contributed by atoms with Gasteiger partial charge in [0, 0.05) is 52.9 Å². The number of rotatable bonds is 2. The van der Waals surface area contributed by atoms with E-state index < -0.39 is 11.2 Å². The van der Waals surface area contributed by atoms with Gasteiger partial charge in [0.2, 0.25) is 11.8 Å². The van der Waals surface area contributed by atoms with Crippen LogP contribution in [0.3, 0.4) is 0 Å². The molecule has 0 aliphatic carbocycles. The zero-order valence-corrected chi connectivity index (χ0v) is 20.6. The fourth-order valence-electron chi connectivity index (χ4n) is 4.52. The number of carbonyl (C=O) groups is 2. The minimum Gasteiger partial charge on any atom is -0.335 e. The smallest absolute Gasteiger partial charge is 0.332 e. The first-order chi connectivity index (χ1) is 16.7. The van der Waals surface area contributed by atoms with Crippen LogP contribution >= 0.6 is 0 Å². The van der Waals surface area contributed by atoms with Crippen molar-refractivity contribution in [2.45, 2.75) is 26.4 Å². The Labute approximate surface area is 202 Å². The van der Waals surface area contributed by atoms with Gasteiger partial charge < -0.3 is 19.3 Å². The monoisotopic (exact) mass is 481 g/mol. The summed E-state index contributed by atoms with van der Waals surface area (Å²) < 4.78 is 3.81. The van der Waals surface area contributed by atoms with Gasteiger partial charge in [-0.2, -0.15) is 0 Å². The molecule has 3 aromatic rings. The Kier molecular flexibility index (Phi) is 6.88. The van der Waals surface area contributed by atoms with Crippen LogP contribution in [0.15, 0.2) is 40.2 Å². The minimum absolute atomic E-state index is 0.0384. The molecule has 11 heteroatoms. The number of fused-ring (bicyclic) bond motifs is 2. The van der Waals surface area contributed by atoms with Crippen molar-refractivity contribution in [1.29, 1.82) is 0 Å². The highest BCUT2D eigenvalue weighted by Crippen LogP contribution is 2.23. The van der Waals surface area contributed by atoms with Gasteiger partial charge in [-0.3, -0.25) is 23.5 Å². The molecule has 1 aliphatic heterocycles. The van der Waals surface area contributed by atoms with Crippen LogP contribution in [-0.2, 0) is 36.8 Å². The summed E-state index contributed by atoms with van der Waals surface area (Å²) >= 11 is 0. The molecular formula is C24H31N7O4. The van der Waals surface area contributed by atoms with Crippen molar-refractivity contribution in [2.75, 3.05) is 38.1 Å². The number of imidazole rings is 1. The van der Waals surface area contributed by atoms with E-state index in [9.17, 15) is 19.2 Å². The molecule has 1 aliphatic rings. The number of hydrogen-bond acceptors (Lipinski definition) is 6. The Hall–Kier alpha value is -3.73. The molecule has 4 rings (SSSR count). The molecule has 0 spiro atoms. The van der Waals surface area contributed by atoms with Gasteiger partial charge in [-0.05, 0) is 31.6 Å². The first kappa shape index (κ1) is 24.4. The maximum atomic E-state index is 13.5. The van der Waals surface area contributed by atoms with Crippen LogP contribution in [0.25, 0.3) is 11.2 Å². The van der Waals surface area contributed by atoms with Crippen LogP contribution in [0.2, 0.25) is 0 Å². The van der Waals surface area contributed by atoms with E-state index in [4.69, 9.17) is 0 Å². The highest BCUT2D eigenvalue weighted by molar-refractivity contribution is 5.92. The molecule has 3 heterocycles. The van der Waals surface area contributed by atoms with Crippen molar-refractivity contribution in [3.8, 4) is 0 Å². The van der Waals surface area contributed by atoms with Gasteiger partial charge in [0.15, 0.2) is 11.2 Å². The van der Waals surface area contributed by atoms with E-state index in [-0.39, 0.29) is 29.5 Å². The molecule has 0 atom stereocenters. The quantitative estimate of drug-likeness (QED) is 0.516. The van der Waals surface area contributed by atoms with E-state index >= 15 is 0 Å². The molecule has 35 heavy (non-hydrogen) atoms. The third kappa shape index (κ3) is 4.76. The molecule has 0 radical (unpaired) electrons. The molecule has 0 unspecified atom stereocenters. The lowest BCUT2D eigenvalue weighted by atomic mass is 10.1. The van der Waals surface area contributed by atoms with Crippen molar-refractivity contribution >= 4 is 28.7 Å². The number of amides is 2. The molecule has 0 fully saturated rings. The molecule has 2 amide bonds. The summed E-state index contributed by atoms with van der Waals surface area (Å²) in [5.74, 6) is -0.222. The van der Waals surface area contributed by atoms with Crippen LogP contribution in [0.5, 0.6) is 0 Å². The number of aromatic nitrogens is 4. The third-order valence-corrected chi connectivity index (χ3v) is 6.57. The summed E-state index contributed by atoms with van der Waals surface area (Å²) in [7, 11) is 4.95. The van der Waals surface area contributed by atoms with E-state index in [0.717, 1.165) is 28.8 Å². The van der Waals surface area contributed by atoms with Gasteiger partial charge in [0.05, 0.1) is 6.33 Å². The van der Waals surface area contributed by atoms with Gasteiger partial charge in [0.25, 0.3) is 5.56 Å². The van der Waals surface area contributed by atoms with E-state index in [1.807, 2.05) is 31.3 Å². The fraction of sp³-hybridized carbons (Fsp3) is 0.458. The van der Waals surface area contributed by atoms with E-state index in [1.54, 1.807) is 23.8 Å². The molecule has 11 nitrogen and oxygen atoms in total. The van der Waals surface area contributed by atoms with E-state index in [1.165, 1.54) is 22.5 Å². The number of nitrogens with zero attached hydrogens (tertiary/aromatic N) is 7. The largest absolute Gasteiger partial charge is 0.335 e. The van der Waals surface area contributed by atoms with Crippen molar-refractivity contribution in [3.63, 3.8) is 0 Å². The number of benzene rings is 1. The average Bonchev–Trinajstić information content (AvgIpc) is 3.24. The summed E-state index contributed by atoms with van der Waals surface area (Å²) in [5, 5.41) is 0. The van der Waals surface area contributed by atoms with Crippen molar-refractivity contribution in [3.05, 3.63) is 57.0 Å². The molecule has 2 aromatic heterocycles. The fourth-order valence-corrected chi connectivity index (χ4v) is 4.52. The standard InChI is InChI=1S/C24H31N7O4/c1-17(32)31-11-7-10-26(2)12-13-29(14-18-8-5-6-9-19(18)31)20(33)15-30-16-25-22-21(30)23(34)28(4)24(35)27(22)3/h5-6,8-9,16H,7,10-15H2,1-4H3. The molecule has 0 bridgehead atoms. The molecular weight excluding hydrogens is 450 g/mol. The van der Waals surface area contributed by atoms with Crippen molar-refractivity contribution in [1.82, 2.24) is 28.5 Å². The Morgan fingerprint density at radius 1 is 0.971 bits per heavy atom. The molecule has 0 saturated carbocycles. The number of anilines is 1. The second-order valence-corrected chi connectivity index (χ2v) is 9.02. The van der Waals surface area contributed by atoms with E-state index in [2.05, 4.69) is 9.88 Å². The highest BCUT2D eigenvalue weighted by atomic mass is 16.2. The zero-order chi connectivity index (χ0) is 25.3. The maximum Gasteiger partial charge on any atom is 0.332 e. The first-order valence-electron chi connectivity index (χ1n) is 11.6. The Morgan fingerprint density at radius 3 is 2.46 bits per heavy atom. The predicted molar refractivity (Wildman–Crippen MR) is 132 cm³/mol. The van der Waals surface area contributed by atoms with Crippen molar-refractivity contribution < 1.29 is 9.59 Å². The highest BCUT2D eigenvalue weighted by Gasteiger charge is 2.23. The third-order valence-electron chi connectivity index (χ3n) is 6.57. The lowest BCUT2D eigenvalue weighted by Crippen LogP contribution is -2.40. The summed E-state index contributed by atoms with van der Waals surface area (Å²) in [6.07, 6.45) is 2.24. The summed E-state index contributed by atoms with van der Waals surface area (Å²) in [6.45, 7) is 4.36. The Balaban J connectivity index is 1.69. The Morgan fingerprint density at radius 2 is 1.71 bits per heavy atom. The second-order valence-electron chi connectivity index (χ2n) is 9.02. The zero-order valence-electron chi connectivity index (χ0n) is 20.6. The second kappa shape index (κ2) is 9.87. The lowest BCUT2D eigenvalue weighted by Gasteiger charge is -2.27. The number of hydrogen-bond donors (Lipinski definition) is 0. The summed E-state index contributed by atoms with van der Waals surface area (Å²) in [5.41, 5.74) is 1.18. The van der Waals surface area contributed by atoms with Gasteiger partial charge in [-0.25, -0.2) is 9.78 Å². The molecule has 0 saturated heterocycles. The predicted octanol–water partition coefficient (Wildman–Crippen LogP) is 0.151. The Bertz CT molecular complexity index is 1390. The molecule has 0 N–H and O–H groups in total. The van der Waals surface area contributed by atoms with E-state index in [0.29, 0.717) is 26.2 Å². The number of carbonyl (C=O) groups excluding carboxylic acids is 2. The SMILES string of the molecule is CC(=O)N1CCCN(C)CCN(C(=O)Cn2cnc3c2c(=O)n(C)c(=O)n3C)Cc2ccccc21. The molecule has 1 aromatic carbocycles. The summed E-state index contributed by atoms with van der Waals surface area (Å²) in [6, 6.07) is 7.64. The van der Waals surface area contributed by atoms with Crippen LogP contribution in [0.4, 0.5) is 5.69 Å². The number of likely N-dealkylation sites (N-methyl/N-ethyl adjacent to an activating group) is 1. The lowest BCUT2D eigenvalue weighted by molar-refractivity contribution is -0.132. The van der Waals surface area contributed by atoms with Crippen LogP contribution < -0.4 is 16.1 Å². The van der Waals surface area contributed by atoms with Crippen LogP contribution in [0.1, 0.15) is 18.9 Å². The maximum absolute atomic E-state index is 13.5. The van der Waals surface area contributed by atoms with Gasteiger partial charge in [-0.15, -0.1) is 0 Å². The summed E-state index contributed by atoms with van der Waals surface area (Å²) in [4.78, 5) is 60.9. The minimum atomic E-state index is -0.493. The van der Waals surface area contributed by atoms with Gasteiger partial charge >= 0.3 is 5.69 Å². The van der Waals surface area contributed by atoms with Gasteiger partial charge in [-0.1, -0.05) is 18.2 Å². The number of aryl methyl sites for hydroxylation is 1. The first-order valence-corrected chi connectivity index (χ1v) is 11.6. The molecule has 186 valence electrons. The normalized spacial score (nSPS) is 15.7.